The summed E-state index contributed by atoms with van der Waals surface area (Å²) in [5.41, 5.74) is 0.742. The summed E-state index contributed by atoms with van der Waals surface area (Å²) in [6.07, 6.45) is 0.131. The third-order valence-electron chi connectivity index (χ3n) is 4.13. The number of carboxylic acids is 1. The highest BCUT2D eigenvalue weighted by Gasteiger charge is 2.36. The fourth-order valence-corrected chi connectivity index (χ4v) is 2.85. The lowest BCUT2D eigenvalue weighted by Gasteiger charge is -2.20. The molecule has 0 aromatic heterocycles. The number of benzene rings is 1. The van der Waals surface area contributed by atoms with Gasteiger partial charge in [0.1, 0.15) is 0 Å². The fourth-order valence-electron chi connectivity index (χ4n) is 2.46. The second-order valence-corrected chi connectivity index (χ2v) is 6.73. The van der Waals surface area contributed by atoms with Gasteiger partial charge in [0.15, 0.2) is 0 Å². The molecule has 23 heavy (non-hydrogen) atoms. The predicted molar refractivity (Wildman–Crippen MR) is 89.0 cm³/mol. The largest absolute Gasteiger partial charge is 0.481 e. The van der Waals surface area contributed by atoms with Crippen molar-refractivity contribution >= 4 is 39.4 Å². The second-order valence-electron chi connectivity index (χ2n) is 5.81. The number of aliphatic carboxylic acids is 1. The number of hydrogen-bond acceptors (Lipinski definition) is 3. The molecule has 0 aliphatic carbocycles. The Hall–Kier alpha value is -1.89. The first-order valence-corrected chi connectivity index (χ1v) is 8.18. The minimum Gasteiger partial charge on any atom is -0.481 e. The Morgan fingerprint density at radius 3 is 2.70 bits per heavy atom. The molecule has 7 heteroatoms. The van der Waals surface area contributed by atoms with Gasteiger partial charge in [-0.25, -0.2) is 0 Å². The van der Waals surface area contributed by atoms with Crippen molar-refractivity contribution in [1.29, 1.82) is 0 Å². The van der Waals surface area contributed by atoms with Gasteiger partial charge in [-0.3, -0.25) is 14.4 Å². The van der Waals surface area contributed by atoms with E-state index in [1.165, 1.54) is 0 Å². The summed E-state index contributed by atoms with van der Waals surface area (Å²) >= 11 is 3.36. The summed E-state index contributed by atoms with van der Waals surface area (Å²) in [7, 11) is 0. The molecular formula is C16H19BrN2O4. The minimum absolute atomic E-state index is 0.109. The van der Waals surface area contributed by atoms with Crippen molar-refractivity contribution < 1.29 is 19.5 Å². The van der Waals surface area contributed by atoms with Crippen molar-refractivity contribution in [3.63, 3.8) is 0 Å². The number of nitrogens with zero attached hydrogens (tertiary/aromatic N) is 1. The Kier molecular flexibility index (Phi) is 5.41. The highest BCUT2D eigenvalue weighted by atomic mass is 79.9. The quantitative estimate of drug-likeness (QED) is 0.815. The Balaban J connectivity index is 2.02. The highest BCUT2D eigenvalue weighted by molar-refractivity contribution is 9.10. The van der Waals surface area contributed by atoms with Crippen LogP contribution in [0.2, 0.25) is 0 Å². The maximum Gasteiger partial charge on any atom is 0.308 e. The van der Waals surface area contributed by atoms with Crippen molar-refractivity contribution in [2.45, 2.75) is 26.3 Å². The third-order valence-corrected chi connectivity index (χ3v) is 4.62. The summed E-state index contributed by atoms with van der Waals surface area (Å²) in [4.78, 5) is 37.0. The van der Waals surface area contributed by atoms with E-state index in [0.717, 1.165) is 10.2 Å². The van der Waals surface area contributed by atoms with E-state index in [9.17, 15) is 14.4 Å². The lowest BCUT2D eigenvalue weighted by molar-refractivity contribution is -0.142. The molecule has 0 bridgehead atoms. The van der Waals surface area contributed by atoms with E-state index >= 15 is 0 Å². The molecule has 1 fully saturated rings. The lowest BCUT2D eigenvalue weighted by atomic mass is 10.0. The Labute approximate surface area is 143 Å². The summed E-state index contributed by atoms with van der Waals surface area (Å²) < 4.78 is 0.861. The van der Waals surface area contributed by atoms with Crippen LogP contribution in [-0.2, 0) is 14.4 Å². The maximum atomic E-state index is 12.3. The molecule has 0 spiro atoms. The molecule has 0 radical (unpaired) electrons. The van der Waals surface area contributed by atoms with Crippen molar-refractivity contribution in [2.75, 3.05) is 11.4 Å². The smallest absolute Gasteiger partial charge is 0.308 e. The van der Waals surface area contributed by atoms with E-state index in [1.807, 2.05) is 24.3 Å². The van der Waals surface area contributed by atoms with Crippen LogP contribution in [0.5, 0.6) is 0 Å². The van der Waals surface area contributed by atoms with E-state index in [-0.39, 0.29) is 18.2 Å². The zero-order valence-electron chi connectivity index (χ0n) is 13.0. The summed E-state index contributed by atoms with van der Waals surface area (Å²) in [6.45, 7) is 3.50. The van der Waals surface area contributed by atoms with E-state index in [1.54, 1.807) is 18.7 Å². The van der Waals surface area contributed by atoms with Crippen molar-refractivity contribution in [3.05, 3.63) is 28.7 Å². The summed E-state index contributed by atoms with van der Waals surface area (Å²) in [5, 5.41) is 11.7. The average Bonchev–Trinajstić information content (AvgIpc) is 2.88. The van der Waals surface area contributed by atoms with Crippen LogP contribution in [0, 0.1) is 11.8 Å². The number of carboxylic acid groups (broad SMARTS) is 1. The molecule has 1 aromatic rings. The number of anilines is 1. The van der Waals surface area contributed by atoms with Crippen LogP contribution in [0.25, 0.3) is 0 Å². The Morgan fingerprint density at radius 1 is 1.39 bits per heavy atom. The molecular weight excluding hydrogens is 364 g/mol. The number of nitrogens with one attached hydrogen (secondary N) is 1. The van der Waals surface area contributed by atoms with Gasteiger partial charge in [-0.15, -0.1) is 0 Å². The van der Waals surface area contributed by atoms with Crippen molar-refractivity contribution in [3.8, 4) is 0 Å². The van der Waals surface area contributed by atoms with Gasteiger partial charge in [0.25, 0.3) is 0 Å². The van der Waals surface area contributed by atoms with E-state index in [0.29, 0.717) is 6.54 Å². The monoisotopic (exact) mass is 382 g/mol. The standard InChI is InChI=1S/C16H19BrN2O4/c1-9(16(22)23)10(2)18-15(21)11-6-14(20)19(8-11)13-5-3-4-12(17)7-13/h3-5,7,9-11H,6,8H2,1-2H3,(H,18,21)(H,22,23). The van der Waals surface area contributed by atoms with Gasteiger partial charge in [0.05, 0.1) is 11.8 Å². The molecule has 1 heterocycles. The average molecular weight is 383 g/mol. The van der Waals surface area contributed by atoms with Crippen LogP contribution in [0.15, 0.2) is 28.7 Å². The first kappa shape index (κ1) is 17.5. The van der Waals surface area contributed by atoms with Gasteiger partial charge >= 0.3 is 5.97 Å². The van der Waals surface area contributed by atoms with Crippen LogP contribution in [-0.4, -0.2) is 35.5 Å². The number of rotatable bonds is 5. The number of hydrogen-bond donors (Lipinski definition) is 2. The number of carbonyl (C=O) groups is 3. The molecule has 124 valence electrons. The van der Waals surface area contributed by atoms with Gasteiger partial charge in [-0.2, -0.15) is 0 Å². The topological polar surface area (TPSA) is 86.7 Å². The van der Waals surface area contributed by atoms with Crippen LogP contribution in [0.1, 0.15) is 20.3 Å². The third kappa shape index (κ3) is 4.10. The number of halogens is 1. The number of amides is 2. The summed E-state index contributed by atoms with van der Waals surface area (Å²) in [6, 6.07) is 6.85. The van der Waals surface area contributed by atoms with E-state index < -0.39 is 23.8 Å². The molecule has 0 saturated carbocycles. The lowest BCUT2D eigenvalue weighted by Crippen LogP contribution is -2.43. The Bertz CT molecular complexity index is 634. The molecule has 3 unspecified atom stereocenters. The molecule has 2 amide bonds. The van der Waals surface area contributed by atoms with Crippen LogP contribution >= 0.6 is 15.9 Å². The zero-order valence-corrected chi connectivity index (χ0v) is 14.5. The van der Waals surface area contributed by atoms with Crippen LogP contribution < -0.4 is 10.2 Å². The van der Waals surface area contributed by atoms with Crippen LogP contribution in [0.3, 0.4) is 0 Å². The maximum absolute atomic E-state index is 12.3. The van der Waals surface area contributed by atoms with E-state index in [2.05, 4.69) is 21.2 Å². The normalized spacial score (nSPS) is 20.2. The zero-order chi connectivity index (χ0) is 17.1. The predicted octanol–water partition coefficient (Wildman–Crippen LogP) is 2.03. The molecule has 1 saturated heterocycles. The molecule has 2 N–H and O–H groups in total. The van der Waals surface area contributed by atoms with Crippen LogP contribution in [0.4, 0.5) is 5.69 Å². The van der Waals surface area contributed by atoms with Crippen molar-refractivity contribution in [1.82, 2.24) is 5.32 Å². The van der Waals surface area contributed by atoms with Gasteiger partial charge < -0.3 is 15.3 Å². The van der Waals surface area contributed by atoms with Gasteiger partial charge in [-0.05, 0) is 32.0 Å². The van der Waals surface area contributed by atoms with Gasteiger partial charge in [-0.1, -0.05) is 22.0 Å². The van der Waals surface area contributed by atoms with E-state index in [4.69, 9.17) is 5.11 Å². The Morgan fingerprint density at radius 2 is 2.09 bits per heavy atom. The molecule has 1 aromatic carbocycles. The van der Waals surface area contributed by atoms with Gasteiger partial charge in [0.2, 0.25) is 11.8 Å². The first-order valence-electron chi connectivity index (χ1n) is 7.38. The molecule has 1 aliphatic rings. The highest BCUT2D eigenvalue weighted by Crippen LogP contribution is 2.27. The first-order chi connectivity index (χ1) is 10.8. The minimum atomic E-state index is -0.962. The molecule has 3 atom stereocenters. The fraction of sp³-hybridized carbons (Fsp3) is 0.438. The number of carbonyl (C=O) groups excluding carboxylic acids is 2. The van der Waals surface area contributed by atoms with Crippen molar-refractivity contribution in [2.24, 2.45) is 11.8 Å². The SMILES string of the molecule is CC(NC(=O)C1CC(=O)N(c2cccc(Br)c2)C1)C(C)C(=O)O. The van der Waals surface area contributed by atoms with Gasteiger partial charge in [0, 0.05) is 29.2 Å². The second kappa shape index (κ2) is 7.12. The molecule has 1 aliphatic heterocycles. The summed E-state index contributed by atoms with van der Waals surface area (Å²) in [5.74, 6) is -2.50. The molecule has 6 nitrogen and oxygen atoms in total. The molecule has 2 rings (SSSR count).